The van der Waals surface area contributed by atoms with E-state index in [-0.39, 0.29) is 11.9 Å². The number of carboxylic acid groups (broad SMARTS) is 1. The zero-order valence-electron chi connectivity index (χ0n) is 7.06. The van der Waals surface area contributed by atoms with Gasteiger partial charge in [0.25, 0.3) is 0 Å². The van der Waals surface area contributed by atoms with E-state index in [2.05, 4.69) is 0 Å². The quantitative estimate of drug-likeness (QED) is 0.650. The normalized spacial score (nSPS) is 31.0. The number of aliphatic carboxylic acids is 1. The fraction of sp³-hybridized carbons (Fsp3) is 0.500. The molecule has 0 aromatic heterocycles. The summed E-state index contributed by atoms with van der Waals surface area (Å²) in [6.07, 6.45) is 4.18. The lowest BCUT2D eigenvalue weighted by molar-refractivity contribution is -0.155. The van der Waals surface area contributed by atoms with E-state index in [1.165, 1.54) is 16.7 Å². The Morgan fingerprint density at radius 2 is 2.46 bits per heavy atom. The molecule has 0 radical (unpaired) electrons. The van der Waals surface area contributed by atoms with Crippen LogP contribution in [0, 0.1) is 0 Å². The average Bonchev–Trinajstić information content (AvgIpc) is 2.37. The lowest BCUT2D eigenvalue weighted by Gasteiger charge is -2.37. The predicted molar refractivity (Wildman–Crippen MR) is 48.3 cm³/mol. The number of nitrogens with zero attached hydrogens (tertiary/aromatic N) is 1. The highest BCUT2D eigenvalue weighted by Gasteiger charge is 2.48. The van der Waals surface area contributed by atoms with Gasteiger partial charge in [-0.25, -0.2) is 4.79 Å². The molecule has 1 N–H and O–H groups in total. The van der Waals surface area contributed by atoms with E-state index in [0.717, 1.165) is 4.91 Å². The molecule has 2 aliphatic rings. The monoisotopic (exact) mass is 199 g/mol. The number of hydrogen-bond acceptors (Lipinski definition) is 3. The van der Waals surface area contributed by atoms with E-state index in [4.69, 9.17) is 5.11 Å². The molecule has 2 rings (SSSR count). The van der Waals surface area contributed by atoms with Crippen molar-refractivity contribution in [2.75, 3.05) is 6.26 Å². The Labute approximate surface area is 79.6 Å². The molecule has 0 saturated carbocycles. The second-order valence-electron chi connectivity index (χ2n) is 3.09. The molecule has 2 heterocycles. The lowest BCUT2D eigenvalue weighted by atomic mass is 10.0. The summed E-state index contributed by atoms with van der Waals surface area (Å²) in [7, 11) is 0. The molecule has 1 unspecified atom stereocenters. The Hall–Kier alpha value is -0.970. The Morgan fingerprint density at radius 1 is 1.77 bits per heavy atom. The summed E-state index contributed by atoms with van der Waals surface area (Å²) in [6, 6.07) is -0.683. The summed E-state index contributed by atoms with van der Waals surface area (Å²) in [5.74, 6) is -0.992. The molecule has 1 saturated heterocycles. The number of carbonyl (C=O) groups excluding carboxylic acids is 1. The van der Waals surface area contributed by atoms with Crippen molar-refractivity contribution in [2.24, 2.45) is 0 Å². The molecule has 5 heteroatoms. The van der Waals surface area contributed by atoms with Crippen molar-refractivity contribution < 1.29 is 14.7 Å². The van der Waals surface area contributed by atoms with Gasteiger partial charge in [-0.2, -0.15) is 0 Å². The maximum absolute atomic E-state index is 11.1. The Balaban J connectivity index is 2.27. The van der Waals surface area contributed by atoms with Gasteiger partial charge in [0.2, 0.25) is 5.91 Å². The molecule has 70 valence electrons. The van der Waals surface area contributed by atoms with Crippen molar-refractivity contribution in [3.8, 4) is 0 Å². The molecule has 13 heavy (non-hydrogen) atoms. The minimum absolute atomic E-state index is 0.0380. The summed E-state index contributed by atoms with van der Waals surface area (Å²) in [4.78, 5) is 24.2. The second-order valence-corrected chi connectivity index (χ2v) is 3.97. The number of fused-ring (bicyclic) bond motifs is 1. The molecule has 0 bridgehead atoms. The van der Waals surface area contributed by atoms with E-state index < -0.39 is 12.0 Å². The van der Waals surface area contributed by atoms with Gasteiger partial charge >= 0.3 is 5.97 Å². The molecule has 2 aliphatic heterocycles. The first-order valence-electron chi connectivity index (χ1n) is 3.95. The number of carbonyl (C=O) groups is 2. The van der Waals surface area contributed by atoms with Gasteiger partial charge < -0.3 is 10.0 Å². The fourth-order valence-corrected chi connectivity index (χ4v) is 2.50. The second kappa shape index (κ2) is 2.77. The third kappa shape index (κ3) is 1.07. The number of hydrogen-bond donors (Lipinski definition) is 1. The molecular formula is C8H9NO3S. The standard InChI is InChI=1S/C8H9NO3S/c1-13-5-2-4-3-6(10)9(4)7(5)8(11)12/h2,4,7H,3H2,1H3,(H,11,12)/t4?,7-/m1/s1. The first-order chi connectivity index (χ1) is 6.15. The summed E-state index contributed by atoms with van der Waals surface area (Å²) in [6.45, 7) is 0. The van der Waals surface area contributed by atoms with Gasteiger partial charge in [0.1, 0.15) is 0 Å². The van der Waals surface area contributed by atoms with Gasteiger partial charge in [0, 0.05) is 4.91 Å². The van der Waals surface area contributed by atoms with E-state index >= 15 is 0 Å². The number of amides is 1. The number of rotatable bonds is 2. The van der Waals surface area contributed by atoms with Gasteiger partial charge in [0.15, 0.2) is 6.04 Å². The fourth-order valence-electron chi connectivity index (χ4n) is 1.77. The van der Waals surface area contributed by atoms with Gasteiger partial charge in [-0.3, -0.25) is 4.79 Å². The van der Waals surface area contributed by atoms with Gasteiger partial charge in [-0.1, -0.05) is 0 Å². The van der Waals surface area contributed by atoms with Gasteiger partial charge in [0.05, 0.1) is 12.5 Å². The van der Waals surface area contributed by atoms with Gasteiger partial charge in [-0.05, 0) is 12.3 Å². The first-order valence-corrected chi connectivity index (χ1v) is 5.17. The summed E-state index contributed by atoms with van der Waals surface area (Å²) >= 11 is 1.40. The summed E-state index contributed by atoms with van der Waals surface area (Å²) < 4.78 is 0. The first kappa shape index (κ1) is 8.62. The molecule has 0 spiro atoms. The van der Waals surface area contributed by atoms with Gasteiger partial charge in [-0.15, -0.1) is 11.8 Å². The minimum atomic E-state index is -0.934. The van der Waals surface area contributed by atoms with Crippen molar-refractivity contribution in [2.45, 2.75) is 18.5 Å². The Kier molecular flexibility index (Phi) is 1.83. The van der Waals surface area contributed by atoms with E-state index in [1.54, 1.807) is 0 Å². The summed E-state index contributed by atoms with van der Waals surface area (Å²) in [5.41, 5.74) is 0. The molecule has 1 fully saturated rings. The van der Waals surface area contributed by atoms with Crippen LogP contribution in [-0.4, -0.2) is 40.2 Å². The van der Waals surface area contributed by atoms with Crippen LogP contribution in [0.2, 0.25) is 0 Å². The Morgan fingerprint density at radius 3 is 2.92 bits per heavy atom. The van der Waals surface area contributed by atoms with Crippen LogP contribution in [0.3, 0.4) is 0 Å². The smallest absolute Gasteiger partial charge is 0.331 e. The van der Waals surface area contributed by atoms with Crippen molar-refractivity contribution >= 4 is 23.6 Å². The van der Waals surface area contributed by atoms with Crippen molar-refractivity contribution in [3.05, 3.63) is 11.0 Å². The largest absolute Gasteiger partial charge is 0.479 e. The molecule has 1 amide bonds. The highest BCUT2D eigenvalue weighted by molar-refractivity contribution is 8.02. The maximum atomic E-state index is 11.1. The van der Waals surface area contributed by atoms with Crippen molar-refractivity contribution in [1.82, 2.24) is 4.90 Å². The van der Waals surface area contributed by atoms with Crippen LogP contribution in [0.5, 0.6) is 0 Å². The topological polar surface area (TPSA) is 57.6 Å². The van der Waals surface area contributed by atoms with E-state index in [1.807, 2.05) is 12.3 Å². The molecule has 4 nitrogen and oxygen atoms in total. The zero-order chi connectivity index (χ0) is 9.59. The minimum Gasteiger partial charge on any atom is -0.479 e. The van der Waals surface area contributed by atoms with Crippen LogP contribution in [0.15, 0.2) is 11.0 Å². The Bertz CT molecular complexity index is 313. The number of carboxylic acids is 1. The van der Waals surface area contributed by atoms with Crippen LogP contribution >= 0.6 is 11.8 Å². The zero-order valence-corrected chi connectivity index (χ0v) is 7.87. The SMILES string of the molecule is CSC1=CC2CC(=O)N2[C@H]1C(=O)O. The molecular weight excluding hydrogens is 190 g/mol. The highest BCUT2D eigenvalue weighted by Crippen LogP contribution is 2.38. The molecule has 0 aliphatic carbocycles. The molecule has 0 aromatic carbocycles. The average molecular weight is 199 g/mol. The van der Waals surface area contributed by atoms with E-state index in [0.29, 0.717) is 6.42 Å². The lowest BCUT2D eigenvalue weighted by Crippen LogP contribution is -2.55. The van der Waals surface area contributed by atoms with Crippen molar-refractivity contribution in [3.63, 3.8) is 0 Å². The van der Waals surface area contributed by atoms with Crippen LogP contribution < -0.4 is 0 Å². The van der Waals surface area contributed by atoms with E-state index in [9.17, 15) is 9.59 Å². The third-order valence-corrected chi connectivity index (χ3v) is 3.23. The maximum Gasteiger partial charge on any atom is 0.331 e. The van der Waals surface area contributed by atoms with Crippen LogP contribution in [0.4, 0.5) is 0 Å². The number of β-lactam (4-membered cyclic amide) rings is 1. The van der Waals surface area contributed by atoms with Crippen LogP contribution in [0.1, 0.15) is 6.42 Å². The third-order valence-electron chi connectivity index (χ3n) is 2.40. The summed E-state index contributed by atoms with van der Waals surface area (Å²) in [5, 5.41) is 8.91. The molecule has 2 atom stereocenters. The molecule has 0 aromatic rings. The highest BCUT2D eigenvalue weighted by atomic mass is 32.2. The van der Waals surface area contributed by atoms with Crippen LogP contribution in [0.25, 0.3) is 0 Å². The van der Waals surface area contributed by atoms with Crippen LogP contribution in [-0.2, 0) is 9.59 Å². The number of thioether (sulfide) groups is 1. The van der Waals surface area contributed by atoms with Crippen molar-refractivity contribution in [1.29, 1.82) is 0 Å². The predicted octanol–water partition coefficient (Wildman–Crippen LogP) is 0.301.